The molecule has 0 heterocycles. The maximum Gasteiger partial charge on any atom is 0.248 e. The number of methoxy groups -OCH3 is 1. The van der Waals surface area contributed by atoms with Gasteiger partial charge in [-0.05, 0) is 19.8 Å². The van der Waals surface area contributed by atoms with Crippen molar-refractivity contribution in [3.8, 4) is 0 Å². The lowest BCUT2D eigenvalue weighted by molar-refractivity contribution is -0.132. The molecule has 1 aliphatic rings. The lowest BCUT2D eigenvalue weighted by Crippen LogP contribution is -2.45. The zero-order valence-electron chi connectivity index (χ0n) is 10.8. The molecule has 0 spiro atoms. The van der Waals surface area contributed by atoms with Gasteiger partial charge in [0.25, 0.3) is 0 Å². The van der Waals surface area contributed by atoms with Gasteiger partial charge in [-0.15, -0.1) is 0 Å². The van der Waals surface area contributed by atoms with Gasteiger partial charge < -0.3 is 20.5 Å². The molecule has 5 heteroatoms. The Morgan fingerprint density at radius 2 is 2.12 bits per heavy atom. The second-order valence-corrected chi connectivity index (χ2v) is 4.81. The third-order valence-electron chi connectivity index (χ3n) is 3.19. The van der Waals surface area contributed by atoms with Crippen LogP contribution in [0.1, 0.15) is 32.6 Å². The molecule has 0 aromatic carbocycles. The van der Waals surface area contributed by atoms with E-state index in [4.69, 9.17) is 15.2 Å². The summed E-state index contributed by atoms with van der Waals surface area (Å²) in [5.41, 5.74) is 5.93. The molecule has 0 bridgehead atoms. The van der Waals surface area contributed by atoms with Crippen LogP contribution in [0.4, 0.5) is 0 Å². The van der Waals surface area contributed by atoms with E-state index in [2.05, 4.69) is 5.32 Å². The van der Waals surface area contributed by atoms with Crippen molar-refractivity contribution in [3.63, 3.8) is 0 Å². The Balaban J connectivity index is 2.19. The van der Waals surface area contributed by atoms with E-state index in [1.165, 1.54) is 0 Å². The van der Waals surface area contributed by atoms with E-state index < -0.39 is 6.10 Å². The number of rotatable bonds is 7. The molecule has 1 rings (SSSR count). The van der Waals surface area contributed by atoms with E-state index in [1.807, 2.05) is 0 Å². The number of amides is 1. The maximum absolute atomic E-state index is 11.6. The molecule has 0 aromatic rings. The van der Waals surface area contributed by atoms with Crippen LogP contribution in [0.15, 0.2) is 0 Å². The molecule has 0 saturated heterocycles. The monoisotopic (exact) mass is 244 g/mol. The van der Waals surface area contributed by atoms with Crippen LogP contribution >= 0.6 is 0 Å². The van der Waals surface area contributed by atoms with Crippen molar-refractivity contribution in [2.24, 2.45) is 5.73 Å². The lowest BCUT2D eigenvalue weighted by Gasteiger charge is -2.25. The molecule has 1 saturated carbocycles. The predicted molar refractivity (Wildman–Crippen MR) is 65.7 cm³/mol. The number of ether oxygens (including phenoxy) is 2. The smallest absolute Gasteiger partial charge is 0.248 e. The van der Waals surface area contributed by atoms with Crippen LogP contribution in [-0.2, 0) is 14.3 Å². The second-order valence-electron chi connectivity index (χ2n) is 4.81. The van der Waals surface area contributed by atoms with Crippen molar-refractivity contribution >= 4 is 5.91 Å². The molecule has 1 unspecified atom stereocenters. The second kappa shape index (κ2) is 6.93. The number of hydrogen-bond acceptors (Lipinski definition) is 4. The van der Waals surface area contributed by atoms with Crippen LogP contribution < -0.4 is 11.1 Å². The summed E-state index contributed by atoms with van der Waals surface area (Å²) in [6.45, 7) is 3.24. The van der Waals surface area contributed by atoms with Crippen molar-refractivity contribution in [3.05, 3.63) is 0 Å². The van der Waals surface area contributed by atoms with E-state index >= 15 is 0 Å². The standard InChI is InChI=1S/C12H24N2O3/c1-10(11(15)14-7-8-16-2)17-9-12(13)5-3-4-6-12/h10H,3-9,13H2,1-2H3,(H,14,15). The normalized spacial score (nSPS) is 20.2. The highest BCUT2D eigenvalue weighted by molar-refractivity contribution is 5.80. The van der Waals surface area contributed by atoms with Gasteiger partial charge in [0.2, 0.25) is 5.91 Å². The molecule has 1 fully saturated rings. The van der Waals surface area contributed by atoms with Gasteiger partial charge in [-0.3, -0.25) is 4.79 Å². The minimum absolute atomic E-state index is 0.108. The highest BCUT2D eigenvalue weighted by Gasteiger charge is 2.30. The summed E-state index contributed by atoms with van der Waals surface area (Å²) in [4.78, 5) is 11.6. The van der Waals surface area contributed by atoms with Gasteiger partial charge >= 0.3 is 0 Å². The fourth-order valence-corrected chi connectivity index (χ4v) is 2.01. The Labute approximate surface area is 103 Å². The van der Waals surface area contributed by atoms with Gasteiger partial charge in [0.15, 0.2) is 0 Å². The molecule has 5 nitrogen and oxygen atoms in total. The molecule has 1 aliphatic carbocycles. The molecule has 0 aromatic heterocycles. The predicted octanol–water partition coefficient (Wildman–Crippen LogP) is 0.426. The van der Waals surface area contributed by atoms with Crippen LogP contribution in [-0.4, -0.2) is 44.4 Å². The van der Waals surface area contributed by atoms with E-state index in [1.54, 1.807) is 14.0 Å². The summed E-state index contributed by atoms with van der Waals surface area (Å²) >= 11 is 0. The van der Waals surface area contributed by atoms with Gasteiger partial charge in [0.1, 0.15) is 6.10 Å². The van der Waals surface area contributed by atoms with Crippen LogP contribution in [0.25, 0.3) is 0 Å². The van der Waals surface area contributed by atoms with E-state index in [-0.39, 0.29) is 11.4 Å². The van der Waals surface area contributed by atoms with E-state index in [9.17, 15) is 4.79 Å². The number of hydrogen-bond donors (Lipinski definition) is 2. The average Bonchev–Trinajstić information content (AvgIpc) is 2.74. The fourth-order valence-electron chi connectivity index (χ4n) is 2.01. The zero-order valence-corrected chi connectivity index (χ0v) is 10.8. The SMILES string of the molecule is COCCNC(=O)C(C)OCC1(N)CCCC1. The Morgan fingerprint density at radius 1 is 1.47 bits per heavy atom. The number of carbonyl (C=O) groups excluding carboxylic acids is 1. The molecule has 1 amide bonds. The first kappa shape index (κ1) is 14.4. The van der Waals surface area contributed by atoms with Crippen LogP contribution in [0.2, 0.25) is 0 Å². The number of carbonyl (C=O) groups is 1. The van der Waals surface area contributed by atoms with Crippen LogP contribution in [0.3, 0.4) is 0 Å². The van der Waals surface area contributed by atoms with E-state index in [0.717, 1.165) is 25.7 Å². The topological polar surface area (TPSA) is 73.6 Å². The Kier molecular flexibility index (Phi) is 5.88. The average molecular weight is 244 g/mol. The summed E-state index contributed by atoms with van der Waals surface area (Å²) in [5.74, 6) is -0.108. The van der Waals surface area contributed by atoms with E-state index in [0.29, 0.717) is 19.8 Å². The van der Waals surface area contributed by atoms with Crippen molar-refractivity contribution in [1.29, 1.82) is 0 Å². The lowest BCUT2D eigenvalue weighted by atomic mass is 10.0. The van der Waals surface area contributed by atoms with Gasteiger partial charge in [-0.1, -0.05) is 12.8 Å². The quantitative estimate of drug-likeness (QED) is 0.637. The van der Waals surface area contributed by atoms with Crippen molar-refractivity contribution in [1.82, 2.24) is 5.32 Å². The summed E-state index contributed by atoms with van der Waals surface area (Å²) in [5, 5.41) is 2.74. The van der Waals surface area contributed by atoms with Gasteiger partial charge in [-0.25, -0.2) is 0 Å². The molecule has 1 atom stereocenters. The summed E-state index contributed by atoms with van der Waals surface area (Å²) in [6.07, 6.45) is 3.85. The minimum atomic E-state index is -0.451. The number of nitrogens with one attached hydrogen (secondary N) is 1. The first-order valence-electron chi connectivity index (χ1n) is 6.24. The van der Waals surface area contributed by atoms with Crippen LogP contribution in [0, 0.1) is 0 Å². The molecule has 17 heavy (non-hydrogen) atoms. The highest BCUT2D eigenvalue weighted by Crippen LogP contribution is 2.27. The Morgan fingerprint density at radius 3 is 2.71 bits per heavy atom. The largest absolute Gasteiger partial charge is 0.383 e. The number of nitrogens with two attached hydrogens (primary N) is 1. The summed E-state index contributed by atoms with van der Waals surface area (Å²) in [7, 11) is 1.60. The molecular weight excluding hydrogens is 220 g/mol. The Hall–Kier alpha value is -0.650. The first-order chi connectivity index (χ1) is 8.07. The molecule has 0 radical (unpaired) electrons. The van der Waals surface area contributed by atoms with Gasteiger partial charge in [0.05, 0.1) is 13.2 Å². The third-order valence-corrected chi connectivity index (χ3v) is 3.19. The minimum Gasteiger partial charge on any atom is -0.383 e. The molecule has 0 aliphatic heterocycles. The first-order valence-corrected chi connectivity index (χ1v) is 6.24. The van der Waals surface area contributed by atoms with Crippen molar-refractivity contribution in [2.45, 2.75) is 44.2 Å². The fraction of sp³-hybridized carbons (Fsp3) is 0.917. The summed E-state index contributed by atoms with van der Waals surface area (Å²) < 4.78 is 10.4. The molecule has 100 valence electrons. The molecule has 3 N–H and O–H groups in total. The van der Waals surface area contributed by atoms with Gasteiger partial charge in [-0.2, -0.15) is 0 Å². The maximum atomic E-state index is 11.6. The summed E-state index contributed by atoms with van der Waals surface area (Å²) in [6, 6.07) is 0. The van der Waals surface area contributed by atoms with Crippen molar-refractivity contribution in [2.75, 3.05) is 26.9 Å². The zero-order chi connectivity index (χ0) is 12.7. The highest BCUT2D eigenvalue weighted by atomic mass is 16.5. The Bertz CT molecular complexity index is 240. The third kappa shape index (κ3) is 5.02. The van der Waals surface area contributed by atoms with Gasteiger partial charge in [0, 0.05) is 19.2 Å². The molecular formula is C12H24N2O3. The van der Waals surface area contributed by atoms with Crippen molar-refractivity contribution < 1.29 is 14.3 Å². The van der Waals surface area contributed by atoms with Crippen LogP contribution in [0.5, 0.6) is 0 Å².